The van der Waals surface area contributed by atoms with Gasteiger partial charge in [-0.1, -0.05) is 26.0 Å². The van der Waals surface area contributed by atoms with E-state index in [1.54, 1.807) is 7.11 Å². The lowest BCUT2D eigenvalue weighted by Gasteiger charge is -2.08. The second-order valence-corrected chi connectivity index (χ2v) is 5.39. The molecule has 21 heavy (non-hydrogen) atoms. The van der Waals surface area contributed by atoms with Crippen LogP contribution in [0, 0.1) is 0 Å². The molecular weight excluding hydrogens is 260 g/mol. The van der Waals surface area contributed by atoms with Crippen molar-refractivity contribution in [2.75, 3.05) is 7.11 Å². The van der Waals surface area contributed by atoms with Crippen LogP contribution in [-0.2, 0) is 0 Å². The summed E-state index contributed by atoms with van der Waals surface area (Å²) in [5, 5.41) is 1.10. The fourth-order valence-corrected chi connectivity index (χ4v) is 2.34. The first-order chi connectivity index (χ1) is 10.2. The van der Waals surface area contributed by atoms with Crippen LogP contribution >= 0.6 is 0 Å². The molecule has 0 aliphatic rings. The summed E-state index contributed by atoms with van der Waals surface area (Å²) in [6, 6.07) is 14.3. The van der Waals surface area contributed by atoms with E-state index in [9.17, 15) is 0 Å². The minimum atomic E-state index is 0.491. The Morgan fingerprint density at radius 3 is 2.57 bits per heavy atom. The molecule has 0 spiro atoms. The number of pyridine rings is 2. The second kappa shape index (κ2) is 5.52. The molecule has 1 aromatic carbocycles. The normalized spacial score (nSPS) is 11.0. The minimum Gasteiger partial charge on any atom is -0.481 e. The number of methoxy groups -OCH3 is 1. The number of rotatable bonds is 3. The predicted molar refractivity (Wildman–Crippen MR) is 85.6 cm³/mol. The molecule has 0 fully saturated rings. The van der Waals surface area contributed by atoms with Crippen molar-refractivity contribution in [3.8, 4) is 17.1 Å². The SMILES string of the molecule is COc1ccc2ccc(-c3cc(C(C)C)ccn3)cc2n1. The molecule has 0 radical (unpaired) electrons. The Labute approximate surface area is 124 Å². The maximum absolute atomic E-state index is 5.19. The molecule has 3 nitrogen and oxygen atoms in total. The van der Waals surface area contributed by atoms with Crippen molar-refractivity contribution >= 4 is 10.9 Å². The first-order valence-electron chi connectivity index (χ1n) is 7.08. The third-order valence-electron chi connectivity index (χ3n) is 3.62. The monoisotopic (exact) mass is 278 g/mol. The summed E-state index contributed by atoms with van der Waals surface area (Å²) in [6.45, 7) is 4.37. The van der Waals surface area contributed by atoms with E-state index in [4.69, 9.17) is 4.74 Å². The number of hydrogen-bond donors (Lipinski definition) is 0. The van der Waals surface area contributed by atoms with Crippen molar-refractivity contribution in [2.24, 2.45) is 0 Å². The smallest absolute Gasteiger partial charge is 0.213 e. The van der Waals surface area contributed by atoms with Crippen molar-refractivity contribution in [3.05, 3.63) is 54.2 Å². The van der Waals surface area contributed by atoms with Crippen molar-refractivity contribution in [1.82, 2.24) is 9.97 Å². The number of nitrogens with zero attached hydrogens (tertiary/aromatic N) is 2. The number of aromatic nitrogens is 2. The molecule has 0 aliphatic heterocycles. The molecule has 2 aromatic heterocycles. The summed E-state index contributed by atoms with van der Waals surface area (Å²) >= 11 is 0. The van der Waals surface area contributed by atoms with Gasteiger partial charge in [-0.05, 0) is 35.7 Å². The van der Waals surface area contributed by atoms with Crippen LogP contribution in [0.25, 0.3) is 22.2 Å². The summed E-state index contributed by atoms with van der Waals surface area (Å²) in [7, 11) is 1.63. The zero-order valence-corrected chi connectivity index (χ0v) is 12.5. The van der Waals surface area contributed by atoms with Crippen LogP contribution in [0.4, 0.5) is 0 Å². The van der Waals surface area contributed by atoms with E-state index in [-0.39, 0.29) is 0 Å². The molecule has 0 atom stereocenters. The van der Waals surface area contributed by atoms with Crippen molar-refractivity contribution in [2.45, 2.75) is 19.8 Å². The molecule has 0 amide bonds. The summed E-state index contributed by atoms with van der Waals surface area (Å²) in [5.74, 6) is 1.12. The number of ether oxygens (including phenoxy) is 1. The molecule has 106 valence electrons. The van der Waals surface area contributed by atoms with Crippen LogP contribution < -0.4 is 4.74 Å². The van der Waals surface area contributed by atoms with Crippen LogP contribution in [0.15, 0.2) is 48.7 Å². The highest BCUT2D eigenvalue weighted by Crippen LogP contribution is 2.25. The van der Waals surface area contributed by atoms with Crippen LogP contribution in [0.5, 0.6) is 5.88 Å². The summed E-state index contributed by atoms with van der Waals surface area (Å²) < 4.78 is 5.19. The van der Waals surface area contributed by atoms with E-state index in [2.05, 4.69) is 54.1 Å². The van der Waals surface area contributed by atoms with E-state index >= 15 is 0 Å². The van der Waals surface area contributed by atoms with Crippen molar-refractivity contribution < 1.29 is 4.74 Å². The third kappa shape index (κ3) is 2.72. The standard InChI is InChI=1S/C18H18N2O/c1-12(2)14-8-9-19-16(10-14)15-5-4-13-6-7-18(21-3)20-17(13)11-15/h4-12H,1-3H3. The average molecular weight is 278 g/mol. The minimum absolute atomic E-state index is 0.491. The van der Waals surface area contributed by atoms with Gasteiger partial charge in [0.05, 0.1) is 18.3 Å². The Bertz CT molecular complexity index is 781. The Kier molecular flexibility index (Phi) is 3.57. The van der Waals surface area contributed by atoms with E-state index in [0.29, 0.717) is 11.8 Å². The fourth-order valence-electron chi connectivity index (χ4n) is 2.34. The molecule has 3 heteroatoms. The first-order valence-corrected chi connectivity index (χ1v) is 7.08. The van der Waals surface area contributed by atoms with Gasteiger partial charge < -0.3 is 4.74 Å². The summed E-state index contributed by atoms with van der Waals surface area (Å²) in [4.78, 5) is 8.97. The quantitative estimate of drug-likeness (QED) is 0.711. The van der Waals surface area contributed by atoms with Crippen LogP contribution in [0.1, 0.15) is 25.3 Å². The number of fused-ring (bicyclic) bond motifs is 1. The van der Waals surface area contributed by atoms with Gasteiger partial charge >= 0.3 is 0 Å². The predicted octanol–water partition coefficient (Wildman–Crippen LogP) is 4.43. The van der Waals surface area contributed by atoms with Gasteiger partial charge in [0.1, 0.15) is 0 Å². The maximum atomic E-state index is 5.19. The molecule has 3 rings (SSSR count). The molecule has 0 saturated carbocycles. The molecule has 0 aliphatic carbocycles. The van der Waals surface area contributed by atoms with Crippen LogP contribution in [-0.4, -0.2) is 17.1 Å². The zero-order valence-electron chi connectivity index (χ0n) is 12.5. The zero-order chi connectivity index (χ0) is 14.8. The number of benzene rings is 1. The van der Waals surface area contributed by atoms with Crippen molar-refractivity contribution in [1.29, 1.82) is 0 Å². The van der Waals surface area contributed by atoms with Gasteiger partial charge in [-0.25, -0.2) is 4.98 Å². The highest BCUT2D eigenvalue weighted by atomic mass is 16.5. The topological polar surface area (TPSA) is 35.0 Å². The van der Waals surface area contributed by atoms with E-state index in [1.165, 1.54) is 5.56 Å². The van der Waals surface area contributed by atoms with Gasteiger partial charge in [-0.2, -0.15) is 0 Å². The molecule has 0 N–H and O–H groups in total. The van der Waals surface area contributed by atoms with Gasteiger partial charge in [0.15, 0.2) is 0 Å². The molecule has 0 unspecified atom stereocenters. The number of hydrogen-bond acceptors (Lipinski definition) is 3. The van der Waals surface area contributed by atoms with E-state index in [1.807, 2.05) is 18.3 Å². The van der Waals surface area contributed by atoms with Gasteiger partial charge in [0.2, 0.25) is 5.88 Å². The first kappa shape index (κ1) is 13.6. The van der Waals surface area contributed by atoms with Gasteiger partial charge in [-0.3, -0.25) is 4.98 Å². The van der Waals surface area contributed by atoms with Crippen LogP contribution in [0.3, 0.4) is 0 Å². The Morgan fingerprint density at radius 2 is 1.81 bits per heavy atom. The third-order valence-corrected chi connectivity index (χ3v) is 3.62. The lowest BCUT2D eigenvalue weighted by atomic mass is 10.0. The largest absolute Gasteiger partial charge is 0.481 e. The van der Waals surface area contributed by atoms with Gasteiger partial charge in [0.25, 0.3) is 0 Å². The Balaban J connectivity index is 2.09. The Morgan fingerprint density at radius 1 is 1.00 bits per heavy atom. The van der Waals surface area contributed by atoms with Crippen molar-refractivity contribution in [3.63, 3.8) is 0 Å². The molecule has 2 heterocycles. The Hall–Kier alpha value is -2.42. The van der Waals surface area contributed by atoms with E-state index < -0.39 is 0 Å². The van der Waals surface area contributed by atoms with E-state index in [0.717, 1.165) is 22.2 Å². The molecule has 0 saturated heterocycles. The highest BCUT2D eigenvalue weighted by molar-refractivity contribution is 5.84. The lowest BCUT2D eigenvalue weighted by molar-refractivity contribution is 0.399. The average Bonchev–Trinajstić information content (AvgIpc) is 2.53. The summed E-state index contributed by atoms with van der Waals surface area (Å²) in [6.07, 6.45) is 1.87. The molecule has 0 bridgehead atoms. The summed E-state index contributed by atoms with van der Waals surface area (Å²) in [5.41, 5.74) is 4.26. The van der Waals surface area contributed by atoms with Gasteiger partial charge in [-0.15, -0.1) is 0 Å². The lowest BCUT2D eigenvalue weighted by Crippen LogP contribution is -1.92. The second-order valence-electron chi connectivity index (χ2n) is 5.39. The van der Waals surface area contributed by atoms with Gasteiger partial charge in [0, 0.05) is 23.2 Å². The maximum Gasteiger partial charge on any atom is 0.213 e. The van der Waals surface area contributed by atoms with Crippen LogP contribution in [0.2, 0.25) is 0 Å². The molecular formula is C18H18N2O. The fraction of sp³-hybridized carbons (Fsp3) is 0.222. The molecule has 3 aromatic rings. The highest BCUT2D eigenvalue weighted by Gasteiger charge is 2.06.